The Balaban J connectivity index is 1.38. The number of aromatic nitrogens is 2. The van der Waals surface area contributed by atoms with E-state index in [2.05, 4.69) is 4.98 Å². The molecule has 2 N–H and O–H groups in total. The van der Waals surface area contributed by atoms with Gasteiger partial charge in [0.1, 0.15) is 5.75 Å². The number of hydrogen-bond acceptors (Lipinski definition) is 5. The Hall–Kier alpha value is -3.69. The first-order valence-corrected chi connectivity index (χ1v) is 13.0. The molecular formula is C29H28F2N2O4S. The Morgan fingerprint density at radius 2 is 1.66 bits per heavy atom. The van der Waals surface area contributed by atoms with Crippen molar-refractivity contribution in [1.29, 1.82) is 0 Å². The molecule has 198 valence electrons. The Bertz CT molecular complexity index is 1330. The molecule has 0 saturated carbocycles. The minimum atomic E-state index is -3.38. The van der Waals surface area contributed by atoms with Gasteiger partial charge < -0.3 is 14.9 Å². The van der Waals surface area contributed by atoms with Gasteiger partial charge >= 0.3 is 5.97 Å². The maximum absolute atomic E-state index is 15.1. The van der Waals surface area contributed by atoms with E-state index in [4.69, 9.17) is 4.74 Å². The Labute approximate surface area is 223 Å². The standard InChI is InChI=1S/C29H28F2N2O4S/c1-37-26-13-9-21(10-14-26)20-7-11-23(12-8-20)29(30,31)18-22(27(35)36)17-25(34)19-38-28-32-15-16-33(28)24-5-3-2-4-6-24/h2-16,22,25,34H,17-19H2,1H3,(H,35,36). The number of ether oxygens (including phenoxy) is 1. The zero-order valence-electron chi connectivity index (χ0n) is 20.7. The van der Waals surface area contributed by atoms with E-state index < -0.39 is 30.3 Å². The molecule has 0 spiro atoms. The molecular weight excluding hydrogens is 510 g/mol. The Morgan fingerprint density at radius 3 is 2.26 bits per heavy atom. The van der Waals surface area contributed by atoms with Crippen LogP contribution in [0.2, 0.25) is 0 Å². The fraction of sp³-hybridized carbons (Fsp3) is 0.241. The minimum Gasteiger partial charge on any atom is -0.497 e. The highest BCUT2D eigenvalue weighted by Crippen LogP contribution is 2.37. The van der Waals surface area contributed by atoms with Gasteiger partial charge in [-0.25, -0.2) is 13.8 Å². The van der Waals surface area contributed by atoms with Crippen molar-refractivity contribution in [3.8, 4) is 22.6 Å². The third kappa shape index (κ3) is 6.79. The number of halogens is 2. The first-order valence-electron chi connectivity index (χ1n) is 12.0. The van der Waals surface area contributed by atoms with Crippen molar-refractivity contribution in [3.05, 3.63) is 96.8 Å². The summed E-state index contributed by atoms with van der Waals surface area (Å²) in [5.41, 5.74) is 2.22. The normalized spacial score (nSPS) is 13.2. The molecule has 38 heavy (non-hydrogen) atoms. The summed E-state index contributed by atoms with van der Waals surface area (Å²) in [6, 6.07) is 22.5. The molecule has 0 bridgehead atoms. The number of benzene rings is 3. The van der Waals surface area contributed by atoms with Gasteiger partial charge in [0.05, 0.1) is 19.1 Å². The second-order valence-corrected chi connectivity index (χ2v) is 9.85. The second kappa shape index (κ2) is 12.2. The lowest BCUT2D eigenvalue weighted by molar-refractivity contribution is -0.147. The molecule has 1 aromatic heterocycles. The number of aliphatic hydroxyl groups is 1. The number of carbonyl (C=O) groups is 1. The molecule has 9 heteroatoms. The van der Waals surface area contributed by atoms with Crippen molar-refractivity contribution in [3.63, 3.8) is 0 Å². The van der Waals surface area contributed by atoms with E-state index in [0.29, 0.717) is 10.9 Å². The summed E-state index contributed by atoms with van der Waals surface area (Å²) >= 11 is 1.24. The van der Waals surface area contributed by atoms with Gasteiger partial charge in [0.2, 0.25) is 0 Å². The number of hydrogen-bond donors (Lipinski definition) is 2. The molecule has 3 aromatic carbocycles. The van der Waals surface area contributed by atoms with E-state index in [1.165, 1.54) is 23.9 Å². The van der Waals surface area contributed by atoms with Gasteiger partial charge in [0, 0.05) is 35.8 Å². The molecule has 0 saturated heterocycles. The number of carboxylic acids is 1. The molecule has 4 aromatic rings. The Morgan fingerprint density at radius 1 is 1.03 bits per heavy atom. The van der Waals surface area contributed by atoms with Gasteiger partial charge in [0.25, 0.3) is 5.92 Å². The molecule has 0 fully saturated rings. The Kier molecular flexibility index (Phi) is 8.81. The third-order valence-corrected chi connectivity index (χ3v) is 7.30. The highest BCUT2D eigenvalue weighted by atomic mass is 32.2. The molecule has 0 aliphatic rings. The smallest absolute Gasteiger partial charge is 0.306 e. The fourth-order valence-corrected chi connectivity index (χ4v) is 5.06. The van der Waals surface area contributed by atoms with Gasteiger partial charge in [0.15, 0.2) is 5.16 Å². The van der Waals surface area contributed by atoms with Gasteiger partial charge in [-0.15, -0.1) is 0 Å². The first kappa shape index (κ1) is 27.3. The van der Waals surface area contributed by atoms with Crippen LogP contribution in [0.1, 0.15) is 18.4 Å². The summed E-state index contributed by atoms with van der Waals surface area (Å²) in [5, 5.41) is 20.8. The number of imidazole rings is 1. The molecule has 2 atom stereocenters. The van der Waals surface area contributed by atoms with Crippen LogP contribution in [0, 0.1) is 5.92 Å². The SMILES string of the molecule is COc1ccc(-c2ccc(C(F)(F)CC(CC(O)CSc3nccn3-c3ccccc3)C(=O)O)cc2)cc1. The largest absolute Gasteiger partial charge is 0.497 e. The average molecular weight is 539 g/mol. The number of alkyl halides is 2. The molecule has 0 aliphatic heterocycles. The van der Waals surface area contributed by atoms with Crippen molar-refractivity contribution < 1.29 is 28.5 Å². The van der Waals surface area contributed by atoms with E-state index in [0.717, 1.165) is 16.8 Å². The highest BCUT2D eigenvalue weighted by molar-refractivity contribution is 7.99. The monoisotopic (exact) mass is 538 g/mol. The van der Waals surface area contributed by atoms with Crippen LogP contribution in [0.5, 0.6) is 5.75 Å². The van der Waals surface area contributed by atoms with Gasteiger partial charge in [-0.1, -0.05) is 66.4 Å². The summed E-state index contributed by atoms with van der Waals surface area (Å²) in [6.45, 7) is 0. The molecule has 2 unspecified atom stereocenters. The van der Waals surface area contributed by atoms with Crippen molar-refractivity contribution in [2.45, 2.75) is 30.0 Å². The van der Waals surface area contributed by atoms with Gasteiger partial charge in [-0.2, -0.15) is 0 Å². The lowest BCUT2D eigenvalue weighted by Crippen LogP contribution is -2.28. The number of rotatable bonds is 12. The molecule has 0 aliphatic carbocycles. The van der Waals surface area contributed by atoms with Gasteiger partial charge in [-0.05, 0) is 41.8 Å². The topological polar surface area (TPSA) is 84.6 Å². The molecule has 4 rings (SSSR count). The van der Waals surface area contributed by atoms with Gasteiger partial charge in [-0.3, -0.25) is 9.36 Å². The molecule has 0 radical (unpaired) electrons. The number of aliphatic carboxylic acids is 1. The summed E-state index contributed by atoms with van der Waals surface area (Å²) in [6.07, 6.45) is 1.10. The second-order valence-electron chi connectivity index (χ2n) is 8.87. The number of methoxy groups -OCH3 is 1. The van der Waals surface area contributed by atoms with Crippen LogP contribution in [-0.4, -0.2) is 44.7 Å². The zero-order chi connectivity index (χ0) is 27.1. The summed E-state index contributed by atoms with van der Waals surface area (Å²) in [7, 11) is 1.56. The van der Waals surface area contributed by atoms with Crippen molar-refractivity contribution in [2.24, 2.45) is 5.92 Å². The molecule has 1 heterocycles. The quantitative estimate of drug-likeness (QED) is 0.207. The summed E-state index contributed by atoms with van der Waals surface area (Å²) in [4.78, 5) is 16.1. The number of thioether (sulfide) groups is 1. The number of carboxylic acid groups (broad SMARTS) is 1. The van der Waals surface area contributed by atoms with Crippen LogP contribution in [0.25, 0.3) is 16.8 Å². The van der Waals surface area contributed by atoms with Crippen LogP contribution in [0.4, 0.5) is 8.78 Å². The van der Waals surface area contributed by atoms with E-state index in [1.54, 1.807) is 43.8 Å². The van der Waals surface area contributed by atoms with Crippen LogP contribution in [-0.2, 0) is 10.7 Å². The predicted octanol–water partition coefficient (Wildman–Crippen LogP) is 6.27. The van der Waals surface area contributed by atoms with Crippen molar-refractivity contribution in [1.82, 2.24) is 9.55 Å². The van der Waals surface area contributed by atoms with Crippen LogP contribution in [0.3, 0.4) is 0 Å². The lowest BCUT2D eigenvalue weighted by atomic mass is 9.91. The van der Waals surface area contributed by atoms with Crippen LogP contribution < -0.4 is 4.74 Å². The van der Waals surface area contributed by atoms with E-state index in [1.807, 2.05) is 47.0 Å². The molecule has 6 nitrogen and oxygen atoms in total. The minimum absolute atomic E-state index is 0.121. The third-order valence-electron chi connectivity index (χ3n) is 6.19. The average Bonchev–Trinajstić information content (AvgIpc) is 3.41. The fourth-order valence-electron chi connectivity index (χ4n) is 4.14. The van der Waals surface area contributed by atoms with Crippen LogP contribution >= 0.6 is 11.8 Å². The number of aliphatic hydroxyl groups excluding tert-OH is 1. The number of nitrogens with zero attached hydrogens (tertiary/aromatic N) is 2. The summed E-state index contributed by atoms with van der Waals surface area (Å²) < 4.78 is 37.2. The van der Waals surface area contributed by atoms with Crippen molar-refractivity contribution in [2.75, 3.05) is 12.9 Å². The van der Waals surface area contributed by atoms with E-state index in [9.17, 15) is 15.0 Å². The van der Waals surface area contributed by atoms with E-state index >= 15 is 8.78 Å². The molecule has 0 amide bonds. The first-order chi connectivity index (χ1) is 18.3. The maximum atomic E-state index is 15.1. The summed E-state index contributed by atoms with van der Waals surface area (Å²) in [5.74, 6) is -5.35. The number of para-hydroxylation sites is 1. The maximum Gasteiger partial charge on any atom is 0.306 e. The van der Waals surface area contributed by atoms with E-state index in [-0.39, 0.29) is 17.7 Å². The van der Waals surface area contributed by atoms with Crippen molar-refractivity contribution >= 4 is 17.7 Å². The van der Waals surface area contributed by atoms with Crippen LogP contribution in [0.15, 0.2) is 96.4 Å². The predicted molar refractivity (Wildman–Crippen MR) is 143 cm³/mol. The zero-order valence-corrected chi connectivity index (χ0v) is 21.5. The highest BCUT2D eigenvalue weighted by Gasteiger charge is 2.38. The lowest BCUT2D eigenvalue weighted by Gasteiger charge is -2.23.